The van der Waals surface area contributed by atoms with Crippen molar-refractivity contribution in [2.75, 3.05) is 38.5 Å². The Morgan fingerprint density at radius 1 is 1.35 bits per heavy atom. The van der Waals surface area contributed by atoms with E-state index in [4.69, 9.17) is 0 Å². The Balaban J connectivity index is 1.71. The summed E-state index contributed by atoms with van der Waals surface area (Å²) in [7, 11) is -3.02. The summed E-state index contributed by atoms with van der Waals surface area (Å²) < 4.78 is 26.9. The van der Waals surface area contributed by atoms with E-state index in [1.807, 2.05) is 23.9 Å². The molecule has 2 rings (SSSR count). The molecule has 8 nitrogen and oxygen atoms in total. The average Bonchev–Trinajstić information content (AvgIpc) is 3.13. The SMILES string of the molecule is CCNC(=NCCCn1cccn1)NCCN1CCCS1(=O)=O. The third-order valence-electron chi connectivity index (χ3n) is 3.58. The van der Waals surface area contributed by atoms with E-state index in [0.29, 0.717) is 26.2 Å². The maximum Gasteiger partial charge on any atom is 0.214 e. The number of guanidine groups is 1. The van der Waals surface area contributed by atoms with Gasteiger partial charge in [-0.05, 0) is 25.8 Å². The van der Waals surface area contributed by atoms with Crippen molar-refractivity contribution < 1.29 is 8.42 Å². The van der Waals surface area contributed by atoms with E-state index < -0.39 is 10.0 Å². The van der Waals surface area contributed by atoms with Crippen molar-refractivity contribution in [3.8, 4) is 0 Å². The lowest BCUT2D eigenvalue weighted by atomic mass is 10.4. The second-order valence-corrected chi connectivity index (χ2v) is 7.47. The molecule has 0 saturated carbocycles. The van der Waals surface area contributed by atoms with Crippen LogP contribution >= 0.6 is 0 Å². The van der Waals surface area contributed by atoms with E-state index >= 15 is 0 Å². The second-order valence-electron chi connectivity index (χ2n) is 5.38. The molecule has 0 aromatic carbocycles. The molecule has 9 heteroatoms. The van der Waals surface area contributed by atoms with E-state index in [1.54, 1.807) is 10.5 Å². The van der Waals surface area contributed by atoms with Crippen molar-refractivity contribution >= 4 is 16.0 Å². The summed E-state index contributed by atoms with van der Waals surface area (Å²) in [5.74, 6) is 0.999. The van der Waals surface area contributed by atoms with Gasteiger partial charge in [0.1, 0.15) is 0 Å². The molecule has 0 atom stereocenters. The summed E-state index contributed by atoms with van der Waals surface area (Å²) in [6.07, 6.45) is 5.33. The lowest BCUT2D eigenvalue weighted by Gasteiger charge is -2.16. The Kier molecular flexibility index (Phi) is 6.85. The van der Waals surface area contributed by atoms with Crippen LogP contribution in [0.25, 0.3) is 0 Å². The molecule has 0 spiro atoms. The molecule has 2 N–H and O–H groups in total. The Hall–Kier alpha value is -1.61. The molecule has 1 fully saturated rings. The summed E-state index contributed by atoms with van der Waals surface area (Å²) in [6, 6.07) is 1.90. The minimum absolute atomic E-state index is 0.272. The highest BCUT2D eigenvalue weighted by atomic mass is 32.2. The van der Waals surface area contributed by atoms with Crippen LogP contribution in [0.1, 0.15) is 19.8 Å². The fraction of sp³-hybridized carbons (Fsp3) is 0.714. The molecule has 2 heterocycles. The van der Waals surface area contributed by atoms with Crippen molar-refractivity contribution in [3.05, 3.63) is 18.5 Å². The van der Waals surface area contributed by atoms with Crippen LogP contribution < -0.4 is 10.6 Å². The molecule has 1 saturated heterocycles. The highest BCUT2D eigenvalue weighted by molar-refractivity contribution is 7.89. The third-order valence-corrected chi connectivity index (χ3v) is 5.53. The highest BCUT2D eigenvalue weighted by Gasteiger charge is 2.27. The van der Waals surface area contributed by atoms with Crippen LogP contribution in [-0.2, 0) is 16.6 Å². The molecule has 130 valence electrons. The van der Waals surface area contributed by atoms with Crippen LogP contribution in [0, 0.1) is 0 Å². The number of aryl methyl sites for hydroxylation is 1. The van der Waals surface area contributed by atoms with Crippen LogP contribution in [0.2, 0.25) is 0 Å². The van der Waals surface area contributed by atoms with Gasteiger partial charge in [-0.3, -0.25) is 9.67 Å². The fourth-order valence-corrected chi connectivity index (χ4v) is 3.97. The van der Waals surface area contributed by atoms with E-state index in [-0.39, 0.29) is 5.75 Å². The van der Waals surface area contributed by atoms with Crippen LogP contribution in [0.5, 0.6) is 0 Å². The maximum atomic E-state index is 11.7. The third kappa shape index (κ3) is 5.83. The van der Waals surface area contributed by atoms with E-state index in [2.05, 4.69) is 20.7 Å². The number of aromatic nitrogens is 2. The van der Waals surface area contributed by atoms with Gasteiger partial charge in [0.2, 0.25) is 10.0 Å². The summed E-state index contributed by atoms with van der Waals surface area (Å²) in [6.45, 7) is 5.98. The number of hydrogen-bond acceptors (Lipinski definition) is 4. The van der Waals surface area contributed by atoms with Crippen LogP contribution in [0.3, 0.4) is 0 Å². The standard InChI is InChI=1S/C14H26N6O2S/c1-2-15-14(16-6-3-9-19-10-4-7-18-19)17-8-12-20-11-5-13-23(20,21)22/h4,7,10H,2-3,5-6,8-9,11-13H2,1H3,(H2,15,16,17). The number of sulfonamides is 1. The van der Waals surface area contributed by atoms with E-state index in [1.165, 1.54) is 0 Å². The number of nitrogens with one attached hydrogen (secondary N) is 2. The van der Waals surface area contributed by atoms with Crippen molar-refractivity contribution in [1.29, 1.82) is 0 Å². The molecule has 1 aliphatic rings. The average molecular weight is 342 g/mol. The first-order chi connectivity index (χ1) is 11.1. The van der Waals surface area contributed by atoms with Crippen molar-refractivity contribution in [2.45, 2.75) is 26.3 Å². The van der Waals surface area contributed by atoms with Gasteiger partial charge in [0, 0.05) is 51.7 Å². The van der Waals surface area contributed by atoms with Crippen LogP contribution in [0.15, 0.2) is 23.5 Å². The number of rotatable bonds is 8. The zero-order chi connectivity index (χ0) is 16.5. The van der Waals surface area contributed by atoms with Crippen molar-refractivity contribution in [2.24, 2.45) is 4.99 Å². The maximum absolute atomic E-state index is 11.7. The topological polar surface area (TPSA) is 91.6 Å². The van der Waals surface area contributed by atoms with E-state index in [0.717, 1.165) is 31.9 Å². The summed E-state index contributed by atoms with van der Waals surface area (Å²) in [4.78, 5) is 4.50. The van der Waals surface area contributed by atoms with Gasteiger partial charge in [0.15, 0.2) is 5.96 Å². The normalized spacial score (nSPS) is 18.2. The molecule has 0 unspecified atom stereocenters. The molecule has 1 aromatic rings. The summed E-state index contributed by atoms with van der Waals surface area (Å²) in [5, 5.41) is 10.5. The second kappa shape index (κ2) is 8.88. The molecule has 0 bridgehead atoms. The quantitative estimate of drug-likeness (QED) is 0.390. The minimum Gasteiger partial charge on any atom is -0.357 e. The first kappa shape index (κ1) is 17.7. The van der Waals surface area contributed by atoms with Gasteiger partial charge in [-0.1, -0.05) is 0 Å². The molecule has 0 radical (unpaired) electrons. The predicted molar refractivity (Wildman–Crippen MR) is 90.8 cm³/mol. The van der Waals surface area contributed by atoms with Crippen molar-refractivity contribution in [1.82, 2.24) is 24.7 Å². The van der Waals surface area contributed by atoms with Gasteiger partial charge >= 0.3 is 0 Å². The molecule has 0 aliphatic carbocycles. The monoisotopic (exact) mass is 342 g/mol. The fourth-order valence-electron chi connectivity index (χ4n) is 2.44. The smallest absolute Gasteiger partial charge is 0.214 e. The molecule has 0 amide bonds. The molecule has 1 aromatic heterocycles. The Morgan fingerprint density at radius 3 is 2.87 bits per heavy atom. The van der Waals surface area contributed by atoms with Gasteiger partial charge in [0.25, 0.3) is 0 Å². The lowest BCUT2D eigenvalue weighted by Crippen LogP contribution is -2.42. The van der Waals surface area contributed by atoms with Gasteiger partial charge < -0.3 is 10.6 Å². The molecule has 1 aliphatic heterocycles. The Morgan fingerprint density at radius 2 is 2.22 bits per heavy atom. The lowest BCUT2D eigenvalue weighted by molar-refractivity contribution is 0.445. The van der Waals surface area contributed by atoms with Gasteiger partial charge in [-0.15, -0.1) is 0 Å². The van der Waals surface area contributed by atoms with Crippen molar-refractivity contribution in [3.63, 3.8) is 0 Å². The van der Waals surface area contributed by atoms with Crippen LogP contribution in [-0.4, -0.2) is 66.9 Å². The Bertz CT molecular complexity index is 584. The number of hydrogen-bond donors (Lipinski definition) is 2. The first-order valence-corrected chi connectivity index (χ1v) is 9.70. The van der Waals surface area contributed by atoms with Gasteiger partial charge in [-0.2, -0.15) is 5.10 Å². The largest absolute Gasteiger partial charge is 0.357 e. The molecular weight excluding hydrogens is 316 g/mol. The zero-order valence-corrected chi connectivity index (χ0v) is 14.4. The first-order valence-electron chi connectivity index (χ1n) is 8.09. The summed E-state index contributed by atoms with van der Waals surface area (Å²) >= 11 is 0. The highest BCUT2D eigenvalue weighted by Crippen LogP contribution is 2.11. The number of aliphatic imine (C=N–C) groups is 1. The molecule has 23 heavy (non-hydrogen) atoms. The Labute approximate surface area is 138 Å². The number of nitrogens with zero attached hydrogens (tertiary/aromatic N) is 4. The van der Waals surface area contributed by atoms with Gasteiger partial charge in [-0.25, -0.2) is 12.7 Å². The predicted octanol–water partition coefficient (Wildman–Crippen LogP) is -0.136. The minimum atomic E-state index is -3.02. The zero-order valence-electron chi connectivity index (χ0n) is 13.6. The molecular formula is C14H26N6O2S. The van der Waals surface area contributed by atoms with Gasteiger partial charge in [0.05, 0.1) is 5.75 Å². The summed E-state index contributed by atoms with van der Waals surface area (Å²) in [5.41, 5.74) is 0. The van der Waals surface area contributed by atoms with Crippen LogP contribution in [0.4, 0.5) is 0 Å². The van der Waals surface area contributed by atoms with E-state index in [9.17, 15) is 8.42 Å².